The summed E-state index contributed by atoms with van der Waals surface area (Å²) in [5.74, 6) is 5.51. The van der Waals surface area contributed by atoms with Crippen molar-refractivity contribution in [1.29, 1.82) is 0 Å². The third-order valence-electron chi connectivity index (χ3n) is 2.44. The number of hydrogen-bond acceptors (Lipinski definition) is 3. The summed E-state index contributed by atoms with van der Waals surface area (Å²) < 4.78 is 0. The summed E-state index contributed by atoms with van der Waals surface area (Å²) in [5.41, 5.74) is 7.32. The number of pyridine rings is 1. The van der Waals surface area contributed by atoms with E-state index in [-0.39, 0.29) is 12.5 Å². The number of benzene rings is 1. The van der Waals surface area contributed by atoms with E-state index in [2.05, 4.69) is 22.1 Å². The molecule has 0 fully saturated rings. The molecule has 3 N–H and O–H groups in total. The summed E-state index contributed by atoms with van der Waals surface area (Å²) in [6, 6.07) is 10.7. The van der Waals surface area contributed by atoms with Crippen molar-refractivity contribution in [3.05, 3.63) is 59.9 Å². The van der Waals surface area contributed by atoms with Crippen molar-refractivity contribution < 1.29 is 4.79 Å². The van der Waals surface area contributed by atoms with E-state index < -0.39 is 0 Å². The molecule has 4 heteroatoms. The second-order valence-electron chi connectivity index (χ2n) is 3.74. The second kappa shape index (κ2) is 6.34. The Bertz CT molecular complexity index is 627. The van der Waals surface area contributed by atoms with Gasteiger partial charge in [-0.25, -0.2) is 0 Å². The molecule has 0 aliphatic carbocycles. The van der Waals surface area contributed by atoms with Gasteiger partial charge in [-0.2, -0.15) is 0 Å². The lowest BCUT2D eigenvalue weighted by molar-refractivity contribution is 0.102. The highest BCUT2D eigenvalue weighted by atomic mass is 16.1. The average Bonchev–Trinajstić information content (AvgIpc) is 2.47. The molecule has 0 saturated carbocycles. The van der Waals surface area contributed by atoms with Crippen molar-refractivity contribution in [3.8, 4) is 11.8 Å². The number of anilines is 1. The van der Waals surface area contributed by atoms with Crippen LogP contribution in [0.1, 0.15) is 15.9 Å². The SMILES string of the molecule is NCC#Cc1ccccc1NC(=O)c1ccncc1. The van der Waals surface area contributed by atoms with Crippen molar-refractivity contribution in [2.75, 3.05) is 11.9 Å². The maximum Gasteiger partial charge on any atom is 0.255 e. The molecule has 19 heavy (non-hydrogen) atoms. The molecule has 0 radical (unpaired) electrons. The Morgan fingerprint density at radius 3 is 2.68 bits per heavy atom. The fraction of sp³-hybridized carbons (Fsp3) is 0.0667. The Balaban J connectivity index is 2.22. The fourth-order valence-corrected chi connectivity index (χ4v) is 1.55. The predicted molar refractivity (Wildman–Crippen MR) is 74.6 cm³/mol. The zero-order valence-electron chi connectivity index (χ0n) is 10.3. The maximum atomic E-state index is 12.0. The van der Waals surface area contributed by atoms with Crippen LogP contribution in [0.5, 0.6) is 0 Å². The number of carbonyl (C=O) groups excluding carboxylic acids is 1. The lowest BCUT2D eigenvalue weighted by Crippen LogP contribution is -2.12. The zero-order valence-corrected chi connectivity index (χ0v) is 10.3. The van der Waals surface area contributed by atoms with Crippen LogP contribution in [0.2, 0.25) is 0 Å². The lowest BCUT2D eigenvalue weighted by Gasteiger charge is -2.07. The van der Waals surface area contributed by atoms with Gasteiger partial charge in [0.15, 0.2) is 0 Å². The van der Waals surface area contributed by atoms with Crippen LogP contribution in [0.4, 0.5) is 5.69 Å². The van der Waals surface area contributed by atoms with Gasteiger partial charge in [0, 0.05) is 23.5 Å². The molecule has 1 aromatic carbocycles. The normalized spacial score (nSPS) is 9.32. The number of amides is 1. The van der Waals surface area contributed by atoms with E-state index in [1.807, 2.05) is 18.2 Å². The van der Waals surface area contributed by atoms with Crippen LogP contribution in [0.25, 0.3) is 0 Å². The zero-order chi connectivity index (χ0) is 13.5. The minimum absolute atomic E-state index is 0.190. The van der Waals surface area contributed by atoms with Crippen LogP contribution in [-0.4, -0.2) is 17.4 Å². The first-order valence-corrected chi connectivity index (χ1v) is 5.80. The molecule has 0 unspecified atom stereocenters. The van der Waals surface area contributed by atoms with Gasteiger partial charge in [-0.3, -0.25) is 9.78 Å². The average molecular weight is 251 g/mol. The van der Waals surface area contributed by atoms with Gasteiger partial charge in [-0.15, -0.1) is 0 Å². The van der Waals surface area contributed by atoms with Crippen molar-refractivity contribution in [1.82, 2.24) is 4.98 Å². The Labute approximate surface area is 111 Å². The molecule has 94 valence electrons. The fourth-order valence-electron chi connectivity index (χ4n) is 1.55. The molecule has 1 aromatic heterocycles. The van der Waals surface area contributed by atoms with E-state index in [9.17, 15) is 4.79 Å². The molecule has 1 heterocycles. The molecule has 0 spiro atoms. The predicted octanol–water partition coefficient (Wildman–Crippen LogP) is 1.64. The van der Waals surface area contributed by atoms with E-state index in [4.69, 9.17) is 5.73 Å². The molecular formula is C15H13N3O. The number of nitrogens with two attached hydrogens (primary N) is 1. The molecule has 0 aliphatic heterocycles. The molecule has 4 nitrogen and oxygen atoms in total. The highest BCUT2D eigenvalue weighted by molar-refractivity contribution is 6.04. The first-order chi connectivity index (χ1) is 9.31. The van der Waals surface area contributed by atoms with Gasteiger partial charge < -0.3 is 11.1 Å². The first kappa shape index (κ1) is 12.8. The van der Waals surface area contributed by atoms with Crippen LogP contribution >= 0.6 is 0 Å². The number of nitrogens with one attached hydrogen (secondary N) is 1. The summed E-state index contributed by atoms with van der Waals surface area (Å²) in [7, 11) is 0. The topological polar surface area (TPSA) is 68.0 Å². The largest absolute Gasteiger partial charge is 0.321 e. The minimum atomic E-state index is -0.190. The van der Waals surface area contributed by atoms with Crippen molar-refractivity contribution >= 4 is 11.6 Å². The molecule has 0 bridgehead atoms. The van der Waals surface area contributed by atoms with E-state index in [1.54, 1.807) is 30.6 Å². The molecule has 1 amide bonds. The molecule has 2 aromatic rings. The number of rotatable bonds is 2. The molecule has 2 rings (SSSR count). The Morgan fingerprint density at radius 2 is 1.95 bits per heavy atom. The van der Waals surface area contributed by atoms with Crippen LogP contribution in [0.3, 0.4) is 0 Å². The number of carbonyl (C=O) groups is 1. The van der Waals surface area contributed by atoms with Gasteiger partial charge in [0.25, 0.3) is 5.91 Å². The summed E-state index contributed by atoms with van der Waals surface area (Å²) in [6.45, 7) is 0.284. The van der Waals surface area contributed by atoms with Gasteiger partial charge in [-0.1, -0.05) is 24.0 Å². The Kier molecular flexibility index (Phi) is 4.27. The van der Waals surface area contributed by atoms with E-state index >= 15 is 0 Å². The monoisotopic (exact) mass is 251 g/mol. The number of hydrogen-bond donors (Lipinski definition) is 2. The standard InChI is InChI=1S/C15H13N3O/c16-9-3-5-12-4-1-2-6-14(12)18-15(19)13-7-10-17-11-8-13/h1-2,4,6-8,10-11H,9,16H2,(H,18,19). The number of para-hydroxylation sites is 1. The maximum absolute atomic E-state index is 12.0. The lowest BCUT2D eigenvalue weighted by atomic mass is 10.1. The van der Waals surface area contributed by atoms with Gasteiger partial charge in [0.1, 0.15) is 0 Å². The summed E-state index contributed by atoms with van der Waals surface area (Å²) in [5, 5.41) is 2.83. The van der Waals surface area contributed by atoms with Crippen LogP contribution in [0, 0.1) is 11.8 Å². The third kappa shape index (κ3) is 3.41. The summed E-state index contributed by atoms with van der Waals surface area (Å²) >= 11 is 0. The van der Waals surface area contributed by atoms with Gasteiger partial charge in [-0.05, 0) is 24.3 Å². The van der Waals surface area contributed by atoms with Gasteiger partial charge in [0.2, 0.25) is 0 Å². The van der Waals surface area contributed by atoms with E-state index in [0.717, 1.165) is 5.56 Å². The highest BCUT2D eigenvalue weighted by Gasteiger charge is 2.07. The number of nitrogens with zero attached hydrogens (tertiary/aromatic N) is 1. The number of aromatic nitrogens is 1. The van der Waals surface area contributed by atoms with Crippen LogP contribution in [0.15, 0.2) is 48.8 Å². The van der Waals surface area contributed by atoms with Gasteiger partial charge >= 0.3 is 0 Å². The van der Waals surface area contributed by atoms with Crippen LogP contribution < -0.4 is 11.1 Å². The summed E-state index contributed by atoms with van der Waals surface area (Å²) in [6.07, 6.45) is 3.16. The van der Waals surface area contributed by atoms with E-state index in [1.165, 1.54) is 0 Å². The van der Waals surface area contributed by atoms with Gasteiger partial charge in [0.05, 0.1) is 12.2 Å². The molecule has 0 atom stereocenters. The van der Waals surface area contributed by atoms with Crippen LogP contribution in [-0.2, 0) is 0 Å². The minimum Gasteiger partial charge on any atom is -0.321 e. The second-order valence-corrected chi connectivity index (χ2v) is 3.74. The van der Waals surface area contributed by atoms with E-state index in [0.29, 0.717) is 11.3 Å². The Hall–Kier alpha value is -2.64. The Morgan fingerprint density at radius 1 is 1.21 bits per heavy atom. The van der Waals surface area contributed by atoms with Crippen molar-refractivity contribution in [2.24, 2.45) is 5.73 Å². The van der Waals surface area contributed by atoms with Crippen molar-refractivity contribution in [3.63, 3.8) is 0 Å². The molecule has 0 aliphatic rings. The quantitative estimate of drug-likeness (QED) is 0.797. The smallest absolute Gasteiger partial charge is 0.255 e. The third-order valence-corrected chi connectivity index (χ3v) is 2.44. The summed E-state index contributed by atoms with van der Waals surface area (Å²) in [4.78, 5) is 15.9. The molecule has 0 saturated heterocycles. The highest BCUT2D eigenvalue weighted by Crippen LogP contribution is 2.14. The van der Waals surface area contributed by atoms with Crippen molar-refractivity contribution in [2.45, 2.75) is 0 Å². The molecular weight excluding hydrogens is 238 g/mol. The first-order valence-electron chi connectivity index (χ1n) is 5.80.